The number of thiophene rings is 1. The van der Waals surface area contributed by atoms with Crippen LogP contribution in [0.2, 0.25) is 0 Å². The number of hydrogen-bond donors (Lipinski definition) is 1. The molecule has 1 N–H and O–H groups in total. The molecule has 0 aliphatic carbocycles. The molecule has 0 atom stereocenters. The molecule has 142 valence electrons. The summed E-state index contributed by atoms with van der Waals surface area (Å²) >= 11 is 1.66. The number of carbonyl (C=O) groups is 1. The lowest BCUT2D eigenvalue weighted by Gasteiger charge is -2.36. The molecule has 2 aromatic heterocycles. The van der Waals surface area contributed by atoms with Gasteiger partial charge in [-0.3, -0.25) is 9.69 Å². The quantitative estimate of drug-likeness (QED) is 0.500. The van der Waals surface area contributed by atoms with Crippen LogP contribution in [0.25, 0.3) is 21.0 Å². The van der Waals surface area contributed by atoms with Gasteiger partial charge in [0.05, 0.1) is 0 Å². The Labute approximate surface area is 168 Å². The summed E-state index contributed by atoms with van der Waals surface area (Å²) in [6, 6.07) is 16.8. The van der Waals surface area contributed by atoms with Crippen molar-refractivity contribution in [1.29, 1.82) is 0 Å². The van der Waals surface area contributed by atoms with E-state index in [0.29, 0.717) is 6.42 Å². The third kappa shape index (κ3) is 3.21. The third-order valence-corrected chi connectivity index (χ3v) is 6.68. The molecule has 0 spiro atoms. The van der Waals surface area contributed by atoms with Crippen molar-refractivity contribution in [1.82, 2.24) is 9.88 Å². The topological polar surface area (TPSA) is 39.3 Å². The fourth-order valence-electron chi connectivity index (χ4n) is 4.15. The maximum Gasteiger partial charge on any atom is 0.165 e. The standard InChI is InChI=1S/C23H23N3OS/c27-22(19-16-28-23-7-2-1-4-17(19)23)9-11-25-12-14-26(15-13-25)21-6-3-5-20-18(21)8-10-24-20/h1-8,10,16,24H,9,11-15H2. The molecule has 0 unspecified atom stereocenters. The smallest absolute Gasteiger partial charge is 0.165 e. The highest BCUT2D eigenvalue weighted by Gasteiger charge is 2.20. The normalized spacial score (nSPS) is 15.5. The molecule has 5 rings (SSSR count). The molecule has 1 saturated heterocycles. The number of nitrogens with zero attached hydrogens (tertiary/aromatic N) is 2. The Bertz CT molecular complexity index is 1120. The van der Waals surface area contributed by atoms with Gasteiger partial charge in [0, 0.05) is 83.0 Å². The number of fused-ring (bicyclic) bond motifs is 2. The molecule has 2 aromatic carbocycles. The van der Waals surface area contributed by atoms with E-state index in [1.54, 1.807) is 11.3 Å². The number of anilines is 1. The van der Waals surface area contributed by atoms with Gasteiger partial charge in [0.2, 0.25) is 0 Å². The van der Waals surface area contributed by atoms with Crippen LogP contribution in [-0.4, -0.2) is 48.4 Å². The van der Waals surface area contributed by atoms with Gasteiger partial charge in [0.1, 0.15) is 0 Å². The van der Waals surface area contributed by atoms with Gasteiger partial charge in [0.15, 0.2) is 5.78 Å². The van der Waals surface area contributed by atoms with Gasteiger partial charge in [-0.05, 0) is 24.3 Å². The molecular formula is C23H23N3OS. The first-order valence-corrected chi connectivity index (χ1v) is 10.7. The second-order valence-corrected chi connectivity index (χ2v) is 8.27. The van der Waals surface area contributed by atoms with E-state index in [9.17, 15) is 4.79 Å². The maximum absolute atomic E-state index is 12.7. The molecule has 4 nitrogen and oxygen atoms in total. The van der Waals surface area contributed by atoms with Crippen LogP contribution in [0.4, 0.5) is 5.69 Å². The zero-order chi connectivity index (χ0) is 18.9. The Morgan fingerprint density at radius 1 is 0.964 bits per heavy atom. The number of rotatable bonds is 5. The first-order chi connectivity index (χ1) is 13.8. The molecule has 0 saturated carbocycles. The Morgan fingerprint density at radius 3 is 2.71 bits per heavy atom. The summed E-state index contributed by atoms with van der Waals surface area (Å²) in [5, 5.41) is 4.40. The lowest BCUT2D eigenvalue weighted by molar-refractivity contribution is 0.0964. The van der Waals surface area contributed by atoms with E-state index < -0.39 is 0 Å². The fourth-order valence-corrected chi connectivity index (χ4v) is 5.11. The third-order valence-electron chi connectivity index (χ3n) is 5.72. The average molecular weight is 390 g/mol. The molecule has 3 heterocycles. The summed E-state index contributed by atoms with van der Waals surface area (Å²) < 4.78 is 1.19. The zero-order valence-corrected chi connectivity index (χ0v) is 16.5. The lowest BCUT2D eigenvalue weighted by Crippen LogP contribution is -2.47. The molecule has 1 aliphatic heterocycles. The predicted octanol–water partition coefficient (Wildman–Crippen LogP) is 4.78. The Morgan fingerprint density at radius 2 is 1.82 bits per heavy atom. The van der Waals surface area contributed by atoms with Crippen LogP contribution in [-0.2, 0) is 0 Å². The van der Waals surface area contributed by atoms with E-state index in [1.807, 2.05) is 23.7 Å². The van der Waals surface area contributed by atoms with Crippen LogP contribution in [0, 0.1) is 0 Å². The fraction of sp³-hybridized carbons (Fsp3) is 0.261. The number of aromatic nitrogens is 1. The van der Waals surface area contributed by atoms with E-state index in [2.05, 4.69) is 51.2 Å². The summed E-state index contributed by atoms with van der Waals surface area (Å²) in [5.74, 6) is 0.261. The average Bonchev–Trinajstić information content (AvgIpc) is 3.39. The van der Waals surface area contributed by atoms with E-state index >= 15 is 0 Å². The lowest BCUT2D eigenvalue weighted by atomic mass is 10.1. The van der Waals surface area contributed by atoms with Crippen LogP contribution < -0.4 is 4.90 Å². The molecule has 0 bridgehead atoms. The molecular weight excluding hydrogens is 366 g/mol. The number of Topliss-reactive ketones (excluding diaryl/α,β-unsaturated/α-hetero) is 1. The number of aromatic amines is 1. The molecule has 28 heavy (non-hydrogen) atoms. The number of H-pyrrole nitrogens is 1. The molecule has 5 heteroatoms. The number of piperazine rings is 1. The highest BCUT2D eigenvalue weighted by molar-refractivity contribution is 7.17. The summed E-state index contributed by atoms with van der Waals surface area (Å²) in [6.07, 6.45) is 2.60. The first-order valence-electron chi connectivity index (χ1n) is 9.82. The molecule has 1 fully saturated rings. The minimum atomic E-state index is 0.261. The number of carbonyl (C=O) groups excluding carboxylic acids is 1. The number of benzene rings is 2. The molecule has 0 radical (unpaired) electrons. The van der Waals surface area contributed by atoms with Crippen LogP contribution in [0.3, 0.4) is 0 Å². The van der Waals surface area contributed by atoms with Crippen LogP contribution in [0.5, 0.6) is 0 Å². The van der Waals surface area contributed by atoms with Crippen molar-refractivity contribution in [2.24, 2.45) is 0 Å². The van der Waals surface area contributed by atoms with Crippen LogP contribution >= 0.6 is 11.3 Å². The largest absolute Gasteiger partial charge is 0.368 e. The van der Waals surface area contributed by atoms with Crippen molar-refractivity contribution in [3.63, 3.8) is 0 Å². The Kier molecular flexibility index (Phi) is 4.63. The maximum atomic E-state index is 12.7. The number of hydrogen-bond acceptors (Lipinski definition) is 4. The Balaban J connectivity index is 1.20. The van der Waals surface area contributed by atoms with E-state index in [4.69, 9.17) is 0 Å². The zero-order valence-electron chi connectivity index (χ0n) is 15.7. The van der Waals surface area contributed by atoms with Crippen LogP contribution in [0.15, 0.2) is 60.1 Å². The van der Waals surface area contributed by atoms with Gasteiger partial charge in [-0.1, -0.05) is 24.3 Å². The van der Waals surface area contributed by atoms with Gasteiger partial charge >= 0.3 is 0 Å². The number of nitrogens with one attached hydrogen (secondary N) is 1. The van der Waals surface area contributed by atoms with Gasteiger partial charge in [-0.25, -0.2) is 0 Å². The summed E-state index contributed by atoms with van der Waals surface area (Å²) in [5.41, 5.74) is 3.38. The van der Waals surface area contributed by atoms with Crippen molar-refractivity contribution in [2.75, 3.05) is 37.6 Å². The van der Waals surface area contributed by atoms with Gasteiger partial charge < -0.3 is 9.88 Å². The predicted molar refractivity (Wildman–Crippen MR) is 118 cm³/mol. The second kappa shape index (κ2) is 7.41. The molecule has 0 amide bonds. The van der Waals surface area contributed by atoms with Crippen molar-refractivity contribution in [2.45, 2.75) is 6.42 Å². The van der Waals surface area contributed by atoms with E-state index in [0.717, 1.165) is 43.7 Å². The van der Waals surface area contributed by atoms with Crippen molar-refractivity contribution >= 4 is 43.8 Å². The van der Waals surface area contributed by atoms with E-state index in [1.165, 1.54) is 21.3 Å². The summed E-state index contributed by atoms with van der Waals surface area (Å²) in [4.78, 5) is 20.9. The Hall–Kier alpha value is -2.63. The first kappa shape index (κ1) is 17.5. The summed E-state index contributed by atoms with van der Waals surface area (Å²) in [6.45, 7) is 4.84. The summed E-state index contributed by atoms with van der Waals surface area (Å²) in [7, 11) is 0. The highest BCUT2D eigenvalue weighted by atomic mass is 32.1. The number of ketones is 1. The van der Waals surface area contributed by atoms with Crippen LogP contribution in [0.1, 0.15) is 16.8 Å². The second-order valence-electron chi connectivity index (χ2n) is 7.36. The van der Waals surface area contributed by atoms with Gasteiger partial charge in [0.25, 0.3) is 0 Å². The molecule has 1 aliphatic rings. The van der Waals surface area contributed by atoms with Crippen molar-refractivity contribution < 1.29 is 4.79 Å². The van der Waals surface area contributed by atoms with Crippen molar-refractivity contribution in [3.8, 4) is 0 Å². The SMILES string of the molecule is O=C(CCN1CCN(c2cccc3[nH]ccc23)CC1)c1csc2ccccc12. The van der Waals surface area contributed by atoms with Crippen molar-refractivity contribution in [3.05, 3.63) is 65.7 Å². The highest BCUT2D eigenvalue weighted by Crippen LogP contribution is 2.28. The van der Waals surface area contributed by atoms with Gasteiger partial charge in [-0.2, -0.15) is 0 Å². The monoisotopic (exact) mass is 389 g/mol. The minimum absolute atomic E-state index is 0.261. The minimum Gasteiger partial charge on any atom is -0.368 e. The van der Waals surface area contributed by atoms with E-state index in [-0.39, 0.29) is 5.78 Å². The molecule has 4 aromatic rings. The van der Waals surface area contributed by atoms with Gasteiger partial charge in [-0.15, -0.1) is 11.3 Å².